The lowest BCUT2D eigenvalue weighted by Crippen LogP contribution is -2.10. The zero-order valence-corrected chi connectivity index (χ0v) is 12.5. The van der Waals surface area contributed by atoms with E-state index in [2.05, 4.69) is 4.74 Å². The van der Waals surface area contributed by atoms with Crippen LogP contribution in [0.4, 0.5) is 4.79 Å². The fraction of sp³-hybridized carbons (Fsp3) is 0.385. The minimum Gasteiger partial charge on any atom is -0.461 e. The molecule has 0 bridgehead atoms. The number of alkyl halides is 1. The maximum absolute atomic E-state index is 11.4. The quantitative estimate of drug-likeness (QED) is 0.316. The lowest BCUT2D eigenvalue weighted by atomic mass is 10.2. The van der Waals surface area contributed by atoms with E-state index in [0.29, 0.717) is 6.42 Å². The summed E-state index contributed by atoms with van der Waals surface area (Å²) in [6, 6.07) is 9.44. The number of carbonyl (C=O) groups is 2. The highest BCUT2D eigenvalue weighted by atomic mass is 127. The summed E-state index contributed by atoms with van der Waals surface area (Å²) in [5.74, 6) is -0.310. The maximum atomic E-state index is 11.4. The fourth-order valence-electron chi connectivity index (χ4n) is 1.27. The Balaban J connectivity index is 2.07. The smallest absolute Gasteiger partial charge is 0.461 e. The Hall–Kier alpha value is -1.31. The summed E-state index contributed by atoms with van der Waals surface area (Å²) in [6.45, 7) is 0.410. The molecule has 1 rings (SSSR count). The lowest BCUT2D eigenvalue weighted by molar-refractivity contribution is -0.145. The monoisotopic (exact) mass is 378 g/mol. The number of hydrogen-bond donors (Lipinski definition) is 0. The van der Waals surface area contributed by atoms with Gasteiger partial charge in [-0.15, -0.1) is 0 Å². The molecular formula is C13H15IO5. The van der Waals surface area contributed by atoms with Crippen LogP contribution in [0.3, 0.4) is 0 Å². The molecule has 0 saturated heterocycles. The van der Waals surface area contributed by atoms with Gasteiger partial charge in [-0.2, -0.15) is 0 Å². The van der Waals surface area contributed by atoms with Crippen molar-refractivity contribution in [3.05, 3.63) is 35.9 Å². The summed E-state index contributed by atoms with van der Waals surface area (Å²) in [5.41, 5.74) is 0.942. The van der Waals surface area contributed by atoms with E-state index in [4.69, 9.17) is 9.47 Å². The van der Waals surface area contributed by atoms with E-state index in [9.17, 15) is 9.59 Å². The van der Waals surface area contributed by atoms with Crippen LogP contribution in [0.15, 0.2) is 30.3 Å². The SMILES string of the molecule is O=C(CCCOC(=O)OCI)OCc1ccccc1. The van der Waals surface area contributed by atoms with Gasteiger partial charge >= 0.3 is 12.1 Å². The molecule has 0 aromatic heterocycles. The second-order valence-corrected chi connectivity index (χ2v) is 4.22. The Kier molecular flexibility index (Phi) is 7.95. The van der Waals surface area contributed by atoms with Crippen LogP contribution in [0.25, 0.3) is 0 Å². The molecule has 0 aliphatic rings. The zero-order chi connectivity index (χ0) is 13.9. The summed E-state index contributed by atoms with van der Waals surface area (Å²) < 4.78 is 14.6. The van der Waals surface area contributed by atoms with Crippen molar-refractivity contribution in [3.63, 3.8) is 0 Å². The molecule has 5 nitrogen and oxygen atoms in total. The number of halogens is 1. The third-order valence-corrected chi connectivity index (χ3v) is 2.47. The average molecular weight is 378 g/mol. The molecule has 6 heteroatoms. The molecule has 0 aliphatic heterocycles. The van der Waals surface area contributed by atoms with Crippen LogP contribution in [0.5, 0.6) is 0 Å². The van der Waals surface area contributed by atoms with Gasteiger partial charge in [0.25, 0.3) is 0 Å². The Morgan fingerprint density at radius 3 is 2.47 bits per heavy atom. The molecule has 104 valence electrons. The normalized spacial score (nSPS) is 9.74. The highest BCUT2D eigenvalue weighted by molar-refractivity contribution is 14.1. The number of rotatable bonds is 7. The van der Waals surface area contributed by atoms with E-state index in [1.54, 1.807) is 0 Å². The van der Waals surface area contributed by atoms with Gasteiger partial charge < -0.3 is 14.2 Å². The summed E-state index contributed by atoms with van der Waals surface area (Å²) in [6.07, 6.45) is -0.0824. The van der Waals surface area contributed by atoms with Gasteiger partial charge in [-0.05, 0) is 34.6 Å². The lowest BCUT2D eigenvalue weighted by Gasteiger charge is -2.05. The second-order valence-electron chi connectivity index (χ2n) is 3.60. The van der Waals surface area contributed by atoms with Crippen LogP contribution in [-0.2, 0) is 25.6 Å². The zero-order valence-electron chi connectivity index (χ0n) is 10.3. The van der Waals surface area contributed by atoms with Crippen molar-refractivity contribution in [3.8, 4) is 0 Å². The van der Waals surface area contributed by atoms with E-state index < -0.39 is 6.16 Å². The number of benzene rings is 1. The first-order valence-electron chi connectivity index (χ1n) is 5.77. The van der Waals surface area contributed by atoms with Crippen LogP contribution in [-0.4, -0.2) is 23.3 Å². The molecule has 0 spiro atoms. The van der Waals surface area contributed by atoms with E-state index in [1.807, 2.05) is 52.9 Å². The van der Waals surface area contributed by atoms with E-state index in [0.717, 1.165) is 5.56 Å². The molecule has 0 saturated carbocycles. The first kappa shape index (κ1) is 15.7. The van der Waals surface area contributed by atoms with E-state index in [1.165, 1.54) is 0 Å². The van der Waals surface area contributed by atoms with Crippen molar-refractivity contribution < 1.29 is 23.8 Å². The Morgan fingerprint density at radius 2 is 1.79 bits per heavy atom. The number of carbonyl (C=O) groups excluding carboxylic acids is 2. The van der Waals surface area contributed by atoms with Crippen molar-refractivity contribution in [2.45, 2.75) is 19.4 Å². The average Bonchev–Trinajstić information content (AvgIpc) is 2.43. The van der Waals surface area contributed by atoms with Crippen molar-refractivity contribution in [1.29, 1.82) is 0 Å². The van der Waals surface area contributed by atoms with Crippen LogP contribution in [0.1, 0.15) is 18.4 Å². The molecule has 0 heterocycles. The number of hydrogen-bond acceptors (Lipinski definition) is 5. The molecule has 0 aliphatic carbocycles. The Bertz CT molecular complexity index is 393. The minimum atomic E-state index is -0.716. The van der Waals surface area contributed by atoms with Crippen LogP contribution in [0.2, 0.25) is 0 Å². The van der Waals surface area contributed by atoms with Gasteiger partial charge in [0.15, 0.2) is 0 Å². The molecule has 0 amide bonds. The highest BCUT2D eigenvalue weighted by Gasteiger charge is 2.06. The summed E-state index contributed by atoms with van der Waals surface area (Å²) in [4.78, 5) is 22.2. The Morgan fingerprint density at radius 1 is 1.05 bits per heavy atom. The molecule has 1 aromatic carbocycles. The third-order valence-electron chi connectivity index (χ3n) is 2.16. The molecule has 1 aromatic rings. The first-order chi connectivity index (χ1) is 9.22. The van der Waals surface area contributed by atoms with Crippen molar-refractivity contribution in [1.82, 2.24) is 0 Å². The third kappa shape index (κ3) is 7.66. The van der Waals surface area contributed by atoms with E-state index >= 15 is 0 Å². The second kappa shape index (κ2) is 9.60. The van der Waals surface area contributed by atoms with Gasteiger partial charge in [0.1, 0.15) is 11.2 Å². The van der Waals surface area contributed by atoms with Crippen LogP contribution >= 0.6 is 22.6 Å². The van der Waals surface area contributed by atoms with Gasteiger partial charge in [-0.1, -0.05) is 30.3 Å². The first-order valence-corrected chi connectivity index (χ1v) is 7.30. The molecule has 0 unspecified atom stereocenters. The summed E-state index contributed by atoms with van der Waals surface area (Å²) in [5, 5.41) is 0. The minimum absolute atomic E-state index is 0.149. The van der Waals surface area contributed by atoms with Crippen molar-refractivity contribution in [2.75, 3.05) is 11.2 Å². The highest BCUT2D eigenvalue weighted by Crippen LogP contribution is 2.03. The van der Waals surface area contributed by atoms with Gasteiger partial charge in [0.2, 0.25) is 0 Å². The van der Waals surface area contributed by atoms with Crippen molar-refractivity contribution >= 4 is 34.7 Å². The molecular weight excluding hydrogens is 363 g/mol. The standard InChI is InChI=1S/C13H15IO5/c14-10-19-13(16)17-8-4-7-12(15)18-9-11-5-2-1-3-6-11/h1-3,5-6H,4,7-10H2. The predicted octanol–water partition coefficient (Wildman–Crippen LogP) is 3.06. The largest absolute Gasteiger partial charge is 0.509 e. The van der Waals surface area contributed by atoms with Gasteiger partial charge in [0, 0.05) is 6.42 Å². The Labute approximate surface area is 125 Å². The van der Waals surface area contributed by atoms with Gasteiger partial charge in [-0.25, -0.2) is 4.79 Å². The van der Waals surface area contributed by atoms with Gasteiger partial charge in [-0.3, -0.25) is 4.79 Å². The molecule has 0 fully saturated rings. The van der Waals surface area contributed by atoms with E-state index in [-0.39, 0.29) is 30.2 Å². The maximum Gasteiger partial charge on any atom is 0.509 e. The fourth-order valence-corrected chi connectivity index (χ4v) is 1.52. The number of esters is 1. The van der Waals surface area contributed by atoms with Crippen molar-refractivity contribution in [2.24, 2.45) is 0 Å². The van der Waals surface area contributed by atoms with Crippen LogP contribution in [0, 0.1) is 0 Å². The molecule has 19 heavy (non-hydrogen) atoms. The predicted molar refractivity (Wildman–Crippen MR) is 76.8 cm³/mol. The summed E-state index contributed by atoms with van der Waals surface area (Å²) in [7, 11) is 0. The summed E-state index contributed by atoms with van der Waals surface area (Å²) >= 11 is 1.89. The van der Waals surface area contributed by atoms with Crippen LogP contribution < -0.4 is 0 Å². The molecule has 0 atom stereocenters. The molecule has 0 radical (unpaired) electrons. The van der Waals surface area contributed by atoms with Gasteiger partial charge in [0.05, 0.1) is 6.61 Å². The topological polar surface area (TPSA) is 61.8 Å². The number of ether oxygens (including phenoxy) is 3. The molecule has 0 N–H and O–H groups in total.